The van der Waals surface area contributed by atoms with Gasteiger partial charge in [0, 0.05) is 31.1 Å². The molecule has 0 spiro atoms. The Kier molecular flexibility index (Phi) is 6.30. The first-order valence-electron chi connectivity index (χ1n) is 9.09. The molecule has 1 atom stereocenters. The Balaban J connectivity index is 1.89. The first-order chi connectivity index (χ1) is 13.1. The van der Waals surface area contributed by atoms with E-state index in [4.69, 9.17) is 10.5 Å². The summed E-state index contributed by atoms with van der Waals surface area (Å²) in [6.45, 7) is 3.51. The van der Waals surface area contributed by atoms with E-state index >= 15 is 0 Å². The van der Waals surface area contributed by atoms with E-state index < -0.39 is 11.3 Å². The van der Waals surface area contributed by atoms with Crippen molar-refractivity contribution in [1.82, 2.24) is 4.90 Å². The Morgan fingerprint density at radius 2 is 1.93 bits per heavy atom. The van der Waals surface area contributed by atoms with Crippen LogP contribution in [0.25, 0.3) is 10.8 Å². The van der Waals surface area contributed by atoms with Crippen molar-refractivity contribution in [3.63, 3.8) is 0 Å². The van der Waals surface area contributed by atoms with Crippen LogP contribution >= 0.6 is 0 Å². The van der Waals surface area contributed by atoms with Crippen molar-refractivity contribution < 1.29 is 18.3 Å². The van der Waals surface area contributed by atoms with Crippen molar-refractivity contribution in [3.8, 4) is 0 Å². The monoisotopic (exact) mass is 391 g/mol. The lowest BCUT2D eigenvalue weighted by Crippen LogP contribution is -2.47. The quantitative estimate of drug-likeness (QED) is 0.764. The standard InChI is InChI=1S/C19H25N3O4S/c1-2-26-19(23)21-11-9-15(10-12-21)22(27(24)25)18-8-4-6-16-14(13-20)5-3-7-17(16)18/h3-8,15H,2,9-13,20H2,1H3,(H,24,25). The zero-order valence-electron chi connectivity index (χ0n) is 15.3. The van der Waals surface area contributed by atoms with Crippen LogP contribution in [0.5, 0.6) is 0 Å². The third kappa shape index (κ3) is 4.07. The second kappa shape index (κ2) is 8.69. The van der Waals surface area contributed by atoms with E-state index in [9.17, 15) is 13.6 Å². The lowest BCUT2D eigenvalue weighted by Gasteiger charge is -2.37. The molecule has 0 bridgehead atoms. The molecular formula is C19H25N3O4S. The van der Waals surface area contributed by atoms with Gasteiger partial charge in [-0.2, -0.15) is 0 Å². The van der Waals surface area contributed by atoms with Crippen LogP contribution in [0.1, 0.15) is 25.3 Å². The summed E-state index contributed by atoms with van der Waals surface area (Å²) in [6.07, 6.45) is 0.862. The summed E-state index contributed by atoms with van der Waals surface area (Å²) in [5.74, 6) is 0. The summed E-state index contributed by atoms with van der Waals surface area (Å²) in [5.41, 5.74) is 7.54. The van der Waals surface area contributed by atoms with Crippen LogP contribution in [0.2, 0.25) is 0 Å². The number of piperidine rings is 1. The van der Waals surface area contributed by atoms with E-state index in [2.05, 4.69) is 0 Å². The molecule has 3 rings (SSSR count). The molecule has 2 aromatic rings. The fourth-order valence-electron chi connectivity index (χ4n) is 3.63. The van der Waals surface area contributed by atoms with Gasteiger partial charge in [-0.1, -0.05) is 30.3 Å². The molecule has 8 heteroatoms. The topological polar surface area (TPSA) is 96.1 Å². The van der Waals surface area contributed by atoms with Gasteiger partial charge in [-0.3, -0.25) is 8.86 Å². The zero-order chi connectivity index (χ0) is 19.4. The maximum atomic E-state index is 12.2. The fraction of sp³-hybridized carbons (Fsp3) is 0.421. The van der Waals surface area contributed by atoms with Crippen molar-refractivity contribution in [2.75, 3.05) is 24.0 Å². The van der Waals surface area contributed by atoms with E-state index in [0.717, 1.165) is 16.3 Å². The Hall–Kier alpha value is -2.16. The van der Waals surface area contributed by atoms with E-state index in [1.165, 1.54) is 0 Å². The van der Waals surface area contributed by atoms with E-state index in [1.54, 1.807) is 16.1 Å². The number of anilines is 1. The van der Waals surface area contributed by atoms with Crippen molar-refractivity contribution in [2.45, 2.75) is 32.4 Å². The normalized spacial score (nSPS) is 16.3. The van der Waals surface area contributed by atoms with Crippen LogP contribution in [-0.2, 0) is 22.5 Å². The Bertz CT molecular complexity index is 837. The number of likely N-dealkylation sites (tertiary alicyclic amines) is 1. The Morgan fingerprint density at radius 1 is 1.26 bits per heavy atom. The van der Waals surface area contributed by atoms with Crippen LogP contribution in [0.4, 0.5) is 10.5 Å². The van der Waals surface area contributed by atoms with Gasteiger partial charge in [-0.25, -0.2) is 9.00 Å². The highest BCUT2D eigenvalue weighted by atomic mass is 32.2. The number of carbonyl (C=O) groups is 1. The molecule has 27 heavy (non-hydrogen) atoms. The molecule has 1 unspecified atom stereocenters. The number of nitrogens with zero attached hydrogens (tertiary/aromatic N) is 2. The van der Waals surface area contributed by atoms with Gasteiger partial charge in [0.15, 0.2) is 0 Å². The van der Waals surface area contributed by atoms with Crippen LogP contribution < -0.4 is 10.0 Å². The van der Waals surface area contributed by atoms with E-state index in [-0.39, 0.29) is 12.1 Å². The second-order valence-corrected chi connectivity index (χ2v) is 7.32. The maximum Gasteiger partial charge on any atom is 0.409 e. The molecule has 1 saturated heterocycles. The van der Waals surface area contributed by atoms with Crippen LogP contribution in [0.15, 0.2) is 36.4 Å². The molecule has 0 saturated carbocycles. The molecule has 7 nitrogen and oxygen atoms in total. The number of fused-ring (bicyclic) bond motifs is 1. The van der Waals surface area contributed by atoms with Gasteiger partial charge in [0.1, 0.15) is 0 Å². The largest absolute Gasteiger partial charge is 0.450 e. The third-order valence-corrected chi connectivity index (χ3v) is 5.77. The zero-order valence-corrected chi connectivity index (χ0v) is 16.2. The van der Waals surface area contributed by atoms with Gasteiger partial charge in [-0.05, 0) is 36.8 Å². The average molecular weight is 391 g/mol. The predicted molar refractivity (Wildman–Crippen MR) is 107 cm³/mol. The molecule has 0 radical (unpaired) electrons. The SMILES string of the molecule is CCOC(=O)N1CCC(N(c2cccc3c(CN)cccc23)S(=O)O)CC1. The number of amides is 1. The third-order valence-electron chi connectivity index (χ3n) is 4.94. The molecule has 2 aromatic carbocycles. The summed E-state index contributed by atoms with van der Waals surface area (Å²) in [4.78, 5) is 13.5. The summed E-state index contributed by atoms with van der Waals surface area (Å²) in [6, 6.07) is 11.4. The van der Waals surface area contributed by atoms with Crippen molar-refractivity contribution in [1.29, 1.82) is 0 Å². The minimum absolute atomic E-state index is 0.145. The van der Waals surface area contributed by atoms with Crippen molar-refractivity contribution in [3.05, 3.63) is 42.0 Å². The predicted octanol–water partition coefficient (Wildman–Crippen LogP) is 2.86. The number of benzene rings is 2. The number of carbonyl (C=O) groups excluding carboxylic acids is 1. The molecular weight excluding hydrogens is 366 g/mol. The number of hydrogen-bond donors (Lipinski definition) is 2. The minimum atomic E-state index is -2.17. The number of rotatable bonds is 5. The van der Waals surface area contributed by atoms with Gasteiger partial charge in [-0.15, -0.1) is 0 Å². The lowest BCUT2D eigenvalue weighted by molar-refractivity contribution is 0.0976. The maximum absolute atomic E-state index is 12.2. The lowest BCUT2D eigenvalue weighted by atomic mass is 10.0. The molecule has 1 amide bonds. The van der Waals surface area contributed by atoms with Gasteiger partial charge >= 0.3 is 6.09 Å². The molecule has 0 aromatic heterocycles. The Labute approximate surface area is 161 Å². The van der Waals surface area contributed by atoms with Crippen LogP contribution in [0, 0.1) is 0 Å². The highest BCUT2D eigenvalue weighted by Gasteiger charge is 2.31. The molecule has 1 aliphatic rings. The van der Waals surface area contributed by atoms with Crippen molar-refractivity contribution in [2.24, 2.45) is 5.73 Å². The number of nitrogens with two attached hydrogens (primary N) is 1. The van der Waals surface area contributed by atoms with Gasteiger partial charge in [0.2, 0.25) is 0 Å². The fourth-order valence-corrected chi connectivity index (χ4v) is 4.43. The molecule has 146 valence electrons. The molecule has 3 N–H and O–H groups in total. The Morgan fingerprint density at radius 3 is 2.56 bits per heavy atom. The van der Waals surface area contributed by atoms with Crippen molar-refractivity contribution >= 4 is 33.8 Å². The van der Waals surface area contributed by atoms with Gasteiger partial charge < -0.3 is 15.4 Å². The summed E-state index contributed by atoms with van der Waals surface area (Å²) >= 11 is -2.17. The summed E-state index contributed by atoms with van der Waals surface area (Å²) < 4.78 is 28.8. The number of ether oxygens (including phenoxy) is 1. The first-order valence-corrected chi connectivity index (χ1v) is 10.2. The van der Waals surface area contributed by atoms with Crippen LogP contribution in [0.3, 0.4) is 0 Å². The molecule has 1 aliphatic heterocycles. The number of hydrogen-bond acceptors (Lipinski definition) is 4. The molecule has 0 aliphatic carbocycles. The van der Waals surface area contributed by atoms with Gasteiger partial charge in [0.05, 0.1) is 12.3 Å². The van der Waals surface area contributed by atoms with E-state index in [0.29, 0.717) is 44.8 Å². The summed E-state index contributed by atoms with van der Waals surface area (Å²) in [7, 11) is 0. The average Bonchev–Trinajstić information content (AvgIpc) is 2.68. The van der Waals surface area contributed by atoms with Crippen LogP contribution in [-0.4, -0.2) is 45.5 Å². The van der Waals surface area contributed by atoms with E-state index in [1.807, 2.05) is 36.4 Å². The smallest absolute Gasteiger partial charge is 0.409 e. The molecule has 1 heterocycles. The minimum Gasteiger partial charge on any atom is -0.450 e. The highest BCUT2D eigenvalue weighted by Crippen LogP contribution is 2.33. The second-order valence-electron chi connectivity index (χ2n) is 6.47. The first kappa shape index (κ1) is 19.6. The summed E-state index contributed by atoms with van der Waals surface area (Å²) in [5, 5.41) is 1.88. The highest BCUT2D eigenvalue weighted by molar-refractivity contribution is 7.80. The molecule has 1 fully saturated rings. The van der Waals surface area contributed by atoms with Gasteiger partial charge in [0.25, 0.3) is 11.3 Å².